The number of rotatable bonds is 11. The first-order chi connectivity index (χ1) is 15.7. The number of nitrogens with one attached hydrogen (secondary N) is 1. The number of ketones is 1. The molecule has 10 nitrogen and oxygen atoms in total. The molecule has 0 saturated heterocycles. The molecule has 0 bridgehead atoms. The molecule has 2 aromatic carbocycles. The van der Waals surface area contributed by atoms with Gasteiger partial charge in [-0.15, -0.1) is 0 Å². The summed E-state index contributed by atoms with van der Waals surface area (Å²) in [6.45, 7) is 5.19. The number of carbonyl (C=O) groups excluding carboxylic acids is 3. The topological polar surface area (TPSA) is 134 Å². The van der Waals surface area contributed by atoms with Gasteiger partial charge >= 0.3 is 5.97 Å². The molecule has 2 rings (SSSR count). The lowest BCUT2D eigenvalue weighted by molar-refractivity contribution is -0.385. The van der Waals surface area contributed by atoms with Gasteiger partial charge < -0.3 is 19.5 Å². The Kier molecular flexibility index (Phi) is 8.90. The molecule has 0 aliphatic carbocycles. The Hall–Kier alpha value is -3.95. The summed E-state index contributed by atoms with van der Waals surface area (Å²) in [4.78, 5) is 47.4. The summed E-state index contributed by atoms with van der Waals surface area (Å²) >= 11 is 0. The second-order valence-corrected chi connectivity index (χ2v) is 7.43. The Morgan fingerprint density at radius 2 is 1.76 bits per heavy atom. The van der Waals surface area contributed by atoms with Gasteiger partial charge in [0.05, 0.1) is 24.7 Å². The maximum Gasteiger partial charge on any atom is 0.345 e. The van der Waals surface area contributed by atoms with E-state index in [0.29, 0.717) is 12.1 Å². The normalized spacial score (nSPS) is 10.5. The molecule has 0 aliphatic heterocycles. The highest BCUT2D eigenvalue weighted by Crippen LogP contribution is 2.35. The number of ether oxygens (including phenoxy) is 3. The Morgan fingerprint density at radius 3 is 2.30 bits per heavy atom. The minimum Gasteiger partial charge on any atom is -0.493 e. The van der Waals surface area contributed by atoms with Crippen molar-refractivity contribution in [3.63, 3.8) is 0 Å². The third-order valence-corrected chi connectivity index (χ3v) is 4.42. The Morgan fingerprint density at radius 1 is 1.09 bits per heavy atom. The van der Waals surface area contributed by atoms with Crippen molar-refractivity contribution in [3.8, 4) is 11.5 Å². The maximum atomic E-state index is 12.5. The van der Waals surface area contributed by atoms with Crippen LogP contribution in [0.25, 0.3) is 0 Å². The number of nitro benzene ring substituents is 1. The van der Waals surface area contributed by atoms with Crippen LogP contribution in [-0.2, 0) is 9.53 Å². The summed E-state index contributed by atoms with van der Waals surface area (Å²) < 4.78 is 15.4. The first-order valence-electron chi connectivity index (χ1n) is 10.3. The molecule has 176 valence electrons. The predicted molar refractivity (Wildman–Crippen MR) is 120 cm³/mol. The predicted octanol–water partition coefficient (Wildman–Crippen LogP) is 4.03. The van der Waals surface area contributed by atoms with Crippen LogP contribution in [0.3, 0.4) is 0 Å². The average molecular weight is 458 g/mol. The molecule has 0 fully saturated rings. The van der Waals surface area contributed by atoms with Crippen molar-refractivity contribution in [1.29, 1.82) is 0 Å². The third-order valence-electron chi connectivity index (χ3n) is 4.42. The number of anilines is 1. The monoisotopic (exact) mass is 458 g/mol. The van der Waals surface area contributed by atoms with E-state index in [1.165, 1.54) is 19.2 Å². The Balaban J connectivity index is 2.09. The number of Topliss-reactive ketones (excluding diaryl/α,β-unsaturated/α-hetero) is 1. The third kappa shape index (κ3) is 7.03. The quantitative estimate of drug-likeness (QED) is 0.231. The van der Waals surface area contributed by atoms with Crippen molar-refractivity contribution in [2.45, 2.75) is 27.2 Å². The lowest BCUT2D eigenvalue weighted by Crippen LogP contribution is -2.16. The Labute approximate surface area is 191 Å². The van der Waals surface area contributed by atoms with Gasteiger partial charge in [-0.2, -0.15) is 0 Å². The van der Waals surface area contributed by atoms with E-state index in [4.69, 9.17) is 14.2 Å². The summed E-state index contributed by atoms with van der Waals surface area (Å²) in [6, 6.07) is 8.33. The molecule has 0 spiro atoms. The van der Waals surface area contributed by atoms with Crippen molar-refractivity contribution in [2.75, 3.05) is 25.6 Å². The molecular weight excluding hydrogens is 432 g/mol. The highest BCUT2D eigenvalue weighted by molar-refractivity contribution is 6.01. The molecule has 0 aliphatic rings. The van der Waals surface area contributed by atoms with E-state index < -0.39 is 29.0 Å². The Bertz CT molecular complexity index is 1030. The van der Waals surface area contributed by atoms with Crippen molar-refractivity contribution in [2.24, 2.45) is 5.92 Å². The highest BCUT2D eigenvalue weighted by Gasteiger charge is 2.26. The van der Waals surface area contributed by atoms with Gasteiger partial charge in [0, 0.05) is 23.7 Å². The second kappa shape index (κ2) is 11.6. The number of nitrogens with zero attached hydrogens (tertiary/aromatic N) is 1. The van der Waals surface area contributed by atoms with Crippen LogP contribution in [0.4, 0.5) is 11.4 Å². The van der Waals surface area contributed by atoms with Crippen LogP contribution in [0.2, 0.25) is 0 Å². The zero-order chi connectivity index (χ0) is 24.5. The summed E-state index contributed by atoms with van der Waals surface area (Å²) in [5, 5.41) is 14.1. The van der Waals surface area contributed by atoms with Crippen LogP contribution < -0.4 is 14.8 Å². The van der Waals surface area contributed by atoms with Crippen molar-refractivity contribution in [1.82, 2.24) is 0 Å². The summed E-state index contributed by atoms with van der Waals surface area (Å²) in [5.41, 5.74) is -0.107. The molecule has 33 heavy (non-hydrogen) atoms. The standard InChI is InChI=1S/C23H26N2O8/c1-5-32-21-11-17(18(25(29)30)12-20(21)31-4)23(28)33-13-19(26)15-6-8-16(9-7-15)24-22(27)10-14(2)3/h6-9,11-12,14H,5,10,13H2,1-4H3,(H,24,27). The molecule has 0 atom stereocenters. The first kappa shape index (κ1) is 25.3. The van der Waals surface area contributed by atoms with Gasteiger partial charge in [0.25, 0.3) is 5.69 Å². The van der Waals surface area contributed by atoms with Crippen LogP contribution in [0.15, 0.2) is 36.4 Å². The van der Waals surface area contributed by atoms with E-state index in [9.17, 15) is 24.5 Å². The van der Waals surface area contributed by atoms with Gasteiger partial charge in [0.15, 0.2) is 23.9 Å². The number of methoxy groups -OCH3 is 1. The number of hydrogen-bond acceptors (Lipinski definition) is 8. The van der Waals surface area contributed by atoms with Gasteiger partial charge in [0.2, 0.25) is 5.91 Å². The van der Waals surface area contributed by atoms with Crippen LogP contribution in [0, 0.1) is 16.0 Å². The van der Waals surface area contributed by atoms with Gasteiger partial charge in [-0.05, 0) is 37.1 Å². The molecule has 2 aromatic rings. The molecule has 0 unspecified atom stereocenters. The largest absolute Gasteiger partial charge is 0.493 e. The lowest BCUT2D eigenvalue weighted by Gasteiger charge is -2.11. The van der Waals surface area contributed by atoms with Gasteiger partial charge in [0.1, 0.15) is 5.56 Å². The zero-order valence-electron chi connectivity index (χ0n) is 18.9. The van der Waals surface area contributed by atoms with E-state index in [-0.39, 0.29) is 41.1 Å². The van der Waals surface area contributed by atoms with E-state index in [1.54, 1.807) is 19.1 Å². The fraction of sp³-hybridized carbons (Fsp3) is 0.348. The number of amides is 1. The van der Waals surface area contributed by atoms with Gasteiger partial charge in [-0.1, -0.05) is 13.8 Å². The zero-order valence-corrected chi connectivity index (χ0v) is 18.9. The van der Waals surface area contributed by atoms with E-state index >= 15 is 0 Å². The van der Waals surface area contributed by atoms with Crippen LogP contribution in [0.5, 0.6) is 11.5 Å². The van der Waals surface area contributed by atoms with Crippen LogP contribution >= 0.6 is 0 Å². The molecule has 1 N–H and O–H groups in total. The number of hydrogen-bond donors (Lipinski definition) is 1. The molecule has 10 heteroatoms. The first-order valence-corrected chi connectivity index (χ1v) is 10.3. The fourth-order valence-corrected chi connectivity index (χ4v) is 2.91. The molecule has 0 radical (unpaired) electrons. The number of nitro groups is 1. The molecule has 0 aromatic heterocycles. The molecular formula is C23H26N2O8. The summed E-state index contributed by atoms with van der Waals surface area (Å²) in [5.74, 6) is -1.24. The van der Waals surface area contributed by atoms with E-state index in [1.807, 2.05) is 13.8 Å². The molecule has 1 amide bonds. The summed E-state index contributed by atoms with van der Waals surface area (Å²) in [7, 11) is 1.32. The summed E-state index contributed by atoms with van der Waals surface area (Å²) in [6.07, 6.45) is 0.374. The number of benzene rings is 2. The van der Waals surface area contributed by atoms with Crippen LogP contribution in [0.1, 0.15) is 47.9 Å². The maximum absolute atomic E-state index is 12.5. The van der Waals surface area contributed by atoms with Crippen molar-refractivity contribution in [3.05, 3.63) is 57.6 Å². The SMILES string of the molecule is CCOc1cc(C(=O)OCC(=O)c2ccc(NC(=O)CC(C)C)cc2)c([N+](=O)[O-])cc1OC. The minimum absolute atomic E-state index is 0.0942. The molecule has 0 saturated carbocycles. The second-order valence-electron chi connectivity index (χ2n) is 7.43. The smallest absolute Gasteiger partial charge is 0.345 e. The van der Waals surface area contributed by atoms with Crippen molar-refractivity contribution >= 4 is 29.0 Å². The highest BCUT2D eigenvalue weighted by atomic mass is 16.6. The molecule has 0 heterocycles. The van der Waals surface area contributed by atoms with Gasteiger partial charge in [-0.25, -0.2) is 4.79 Å². The van der Waals surface area contributed by atoms with E-state index in [2.05, 4.69) is 5.32 Å². The van der Waals surface area contributed by atoms with E-state index in [0.717, 1.165) is 12.1 Å². The fourth-order valence-electron chi connectivity index (χ4n) is 2.91. The van der Waals surface area contributed by atoms with Crippen molar-refractivity contribution < 1.29 is 33.5 Å². The number of esters is 1. The van der Waals surface area contributed by atoms with Crippen LogP contribution in [-0.4, -0.2) is 42.9 Å². The average Bonchev–Trinajstić information content (AvgIpc) is 2.76. The van der Waals surface area contributed by atoms with Gasteiger partial charge in [-0.3, -0.25) is 19.7 Å². The minimum atomic E-state index is -1.05. The number of carbonyl (C=O) groups is 3. The lowest BCUT2D eigenvalue weighted by atomic mass is 10.1.